The van der Waals surface area contributed by atoms with Gasteiger partial charge in [-0.25, -0.2) is 9.37 Å². The topological polar surface area (TPSA) is 47.0 Å². The van der Waals surface area contributed by atoms with Gasteiger partial charge in [-0.1, -0.05) is 44.1 Å². The van der Waals surface area contributed by atoms with Gasteiger partial charge >= 0.3 is 0 Å². The Balaban J connectivity index is 1.58. The minimum Gasteiger partial charge on any atom is -0.412 e. The van der Waals surface area contributed by atoms with Crippen LogP contribution >= 0.6 is 0 Å². The lowest BCUT2D eigenvalue weighted by atomic mass is 10.00. The maximum absolute atomic E-state index is 15.5. The number of anilines is 1. The Bertz CT molecular complexity index is 1020. The molecular formula is C25H34FN3O2Si. The smallest absolute Gasteiger partial charge is 0.192 e. The molecule has 0 unspecified atom stereocenters. The molecule has 2 fully saturated rings. The van der Waals surface area contributed by atoms with Crippen LogP contribution in [0.1, 0.15) is 50.7 Å². The standard InChI is InChI=1S/C25H34FN3O2Si/c1-25(2,3)32(5,6)31-16-18-8-7-9-21(23(18)26)19-12-22(17-10-11-17)24(27-13-19)29-14-20(15-29)28-30-4/h7-9,12-13,17H,10-11,14-16H2,1-6H3. The van der Waals surface area contributed by atoms with Gasteiger partial charge in [0.15, 0.2) is 8.32 Å². The molecule has 2 aromatic rings. The molecule has 1 saturated carbocycles. The molecule has 172 valence electrons. The van der Waals surface area contributed by atoms with Crippen LogP contribution in [0.3, 0.4) is 0 Å². The van der Waals surface area contributed by atoms with E-state index in [0.29, 0.717) is 23.7 Å². The first kappa shape index (κ1) is 22.9. The Morgan fingerprint density at radius 3 is 2.56 bits per heavy atom. The molecule has 4 rings (SSSR count). The summed E-state index contributed by atoms with van der Waals surface area (Å²) >= 11 is 0. The van der Waals surface area contributed by atoms with E-state index >= 15 is 4.39 Å². The Morgan fingerprint density at radius 2 is 1.94 bits per heavy atom. The van der Waals surface area contributed by atoms with E-state index in [1.165, 1.54) is 5.56 Å². The average Bonchev–Trinajstić information content (AvgIpc) is 3.54. The molecule has 0 N–H and O–H groups in total. The molecule has 32 heavy (non-hydrogen) atoms. The molecule has 0 atom stereocenters. The van der Waals surface area contributed by atoms with Crippen LogP contribution in [0, 0.1) is 5.82 Å². The molecule has 2 aliphatic rings. The van der Waals surface area contributed by atoms with Crippen molar-refractivity contribution in [1.29, 1.82) is 0 Å². The highest BCUT2D eigenvalue weighted by Gasteiger charge is 2.37. The van der Waals surface area contributed by atoms with Crippen LogP contribution in [0.4, 0.5) is 10.2 Å². The summed E-state index contributed by atoms with van der Waals surface area (Å²) in [6.45, 7) is 12.7. The van der Waals surface area contributed by atoms with Crippen LogP contribution in [0.25, 0.3) is 11.1 Å². The van der Waals surface area contributed by atoms with Gasteiger partial charge in [-0.05, 0) is 48.5 Å². The van der Waals surface area contributed by atoms with E-state index < -0.39 is 8.32 Å². The number of rotatable bonds is 7. The van der Waals surface area contributed by atoms with Crippen LogP contribution in [-0.4, -0.2) is 39.2 Å². The van der Waals surface area contributed by atoms with Crippen molar-refractivity contribution in [3.05, 3.63) is 47.4 Å². The van der Waals surface area contributed by atoms with Gasteiger partial charge in [-0.15, -0.1) is 0 Å². The predicted molar refractivity (Wildman–Crippen MR) is 130 cm³/mol. The fraction of sp³-hybridized carbons (Fsp3) is 0.520. The number of hydrogen-bond donors (Lipinski definition) is 0. The zero-order valence-corrected chi connectivity index (χ0v) is 21.0. The fourth-order valence-electron chi connectivity index (χ4n) is 3.70. The Morgan fingerprint density at radius 1 is 1.22 bits per heavy atom. The Hall–Kier alpha value is -2.25. The molecule has 1 saturated heterocycles. The zero-order chi connectivity index (χ0) is 23.1. The third kappa shape index (κ3) is 4.59. The van der Waals surface area contributed by atoms with E-state index in [1.54, 1.807) is 13.3 Å². The van der Waals surface area contributed by atoms with Crippen LogP contribution in [0.5, 0.6) is 0 Å². The van der Waals surface area contributed by atoms with Crippen LogP contribution in [0.15, 0.2) is 35.6 Å². The van der Waals surface area contributed by atoms with E-state index in [4.69, 9.17) is 14.2 Å². The van der Waals surface area contributed by atoms with Crippen LogP contribution in [-0.2, 0) is 15.9 Å². The quantitative estimate of drug-likeness (QED) is 0.373. The number of oxime groups is 1. The lowest BCUT2D eigenvalue weighted by Crippen LogP contribution is -2.48. The Kier molecular flexibility index (Phi) is 6.16. The number of nitrogens with zero attached hydrogens (tertiary/aromatic N) is 3. The number of pyridine rings is 1. The summed E-state index contributed by atoms with van der Waals surface area (Å²) in [6.07, 6.45) is 4.12. The molecule has 1 aliphatic heterocycles. The highest BCUT2D eigenvalue weighted by atomic mass is 28.4. The summed E-state index contributed by atoms with van der Waals surface area (Å²) in [7, 11) is -0.388. The zero-order valence-electron chi connectivity index (χ0n) is 20.0. The molecule has 0 radical (unpaired) electrons. The van der Waals surface area contributed by atoms with E-state index in [0.717, 1.165) is 43.0 Å². The minimum absolute atomic E-state index is 0.0880. The monoisotopic (exact) mass is 455 g/mol. The molecule has 0 spiro atoms. The second-order valence-electron chi connectivity index (χ2n) is 10.4. The van der Waals surface area contributed by atoms with Crippen molar-refractivity contribution >= 4 is 19.8 Å². The molecule has 2 heterocycles. The third-order valence-corrected chi connectivity index (χ3v) is 11.4. The SMILES string of the molecule is CON=C1CN(c2ncc(-c3cccc(CO[Si](C)(C)C(C)(C)C)c3F)cc2C2CC2)C1. The van der Waals surface area contributed by atoms with Gasteiger partial charge in [-0.2, -0.15) is 0 Å². The average molecular weight is 456 g/mol. The van der Waals surface area contributed by atoms with Crippen molar-refractivity contribution in [2.24, 2.45) is 5.16 Å². The van der Waals surface area contributed by atoms with E-state index in [1.807, 2.05) is 18.2 Å². The number of aromatic nitrogens is 1. The first-order valence-corrected chi connectivity index (χ1v) is 14.3. The van der Waals surface area contributed by atoms with Gasteiger partial charge in [0.25, 0.3) is 0 Å². The van der Waals surface area contributed by atoms with Gasteiger partial charge in [-0.3, -0.25) is 0 Å². The van der Waals surface area contributed by atoms with E-state index in [2.05, 4.69) is 50.0 Å². The molecule has 7 heteroatoms. The fourth-order valence-corrected chi connectivity index (χ4v) is 4.65. The van der Waals surface area contributed by atoms with Crippen LogP contribution in [0.2, 0.25) is 18.1 Å². The van der Waals surface area contributed by atoms with Crippen molar-refractivity contribution in [1.82, 2.24) is 4.98 Å². The van der Waals surface area contributed by atoms with Gasteiger partial charge in [0, 0.05) is 22.9 Å². The summed E-state index contributed by atoms with van der Waals surface area (Å²) < 4.78 is 21.8. The molecule has 5 nitrogen and oxygen atoms in total. The first-order chi connectivity index (χ1) is 15.1. The molecule has 1 aromatic carbocycles. The summed E-state index contributed by atoms with van der Waals surface area (Å²) in [5, 5.41) is 4.11. The largest absolute Gasteiger partial charge is 0.412 e. The number of halogens is 1. The number of benzene rings is 1. The van der Waals surface area contributed by atoms with Gasteiger partial charge in [0.2, 0.25) is 0 Å². The minimum atomic E-state index is -1.96. The maximum atomic E-state index is 15.5. The lowest BCUT2D eigenvalue weighted by Gasteiger charge is -2.36. The van der Waals surface area contributed by atoms with Crippen molar-refractivity contribution in [3.63, 3.8) is 0 Å². The predicted octanol–water partition coefficient (Wildman–Crippen LogP) is 6.11. The van der Waals surface area contributed by atoms with Gasteiger partial charge < -0.3 is 14.2 Å². The Labute approximate surface area is 191 Å². The molecule has 0 amide bonds. The summed E-state index contributed by atoms with van der Waals surface area (Å²) in [4.78, 5) is 11.8. The highest BCUT2D eigenvalue weighted by Crippen LogP contribution is 2.45. The van der Waals surface area contributed by atoms with E-state index in [-0.39, 0.29) is 10.9 Å². The molecule has 0 bridgehead atoms. The lowest BCUT2D eigenvalue weighted by molar-refractivity contribution is 0.211. The normalized spacial score (nSPS) is 16.7. The second kappa shape index (κ2) is 8.59. The van der Waals surface area contributed by atoms with Gasteiger partial charge in [0.05, 0.1) is 25.4 Å². The first-order valence-electron chi connectivity index (χ1n) is 11.4. The second-order valence-corrected chi connectivity index (χ2v) is 15.2. The summed E-state index contributed by atoms with van der Waals surface area (Å²) in [5.41, 5.74) is 4.25. The number of hydrogen-bond acceptors (Lipinski definition) is 5. The van der Waals surface area contributed by atoms with Crippen molar-refractivity contribution in [2.45, 2.75) is 64.3 Å². The summed E-state index contributed by atoms with van der Waals surface area (Å²) in [6, 6.07) is 7.70. The molecular weight excluding hydrogens is 421 g/mol. The molecule has 1 aliphatic carbocycles. The molecule has 1 aromatic heterocycles. The summed E-state index contributed by atoms with van der Waals surface area (Å²) in [5.74, 6) is 1.29. The van der Waals surface area contributed by atoms with Crippen molar-refractivity contribution < 1.29 is 13.7 Å². The highest BCUT2D eigenvalue weighted by molar-refractivity contribution is 6.74. The van der Waals surface area contributed by atoms with Crippen LogP contribution < -0.4 is 4.90 Å². The van der Waals surface area contributed by atoms with Crippen molar-refractivity contribution in [2.75, 3.05) is 25.1 Å². The van der Waals surface area contributed by atoms with E-state index in [9.17, 15) is 0 Å². The maximum Gasteiger partial charge on any atom is 0.192 e. The van der Waals surface area contributed by atoms with Gasteiger partial charge in [0.1, 0.15) is 18.7 Å². The van der Waals surface area contributed by atoms with Crippen molar-refractivity contribution in [3.8, 4) is 11.1 Å². The third-order valence-electron chi connectivity index (χ3n) is 6.96.